The van der Waals surface area contributed by atoms with E-state index in [-0.39, 0.29) is 0 Å². The molecule has 0 bridgehead atoms. The third-order valence-corrected chi connectivity index (χ3v) is 5.08. The van der Waals surface area contributed by atoms with Crippen LogP contribution in [0.25, 0.3) is 0 Å². The number of rotatable bonds is 6. The van der Waals surface area contributed by atoms with Crippen molar-refractivity contribution < 1.29 is 86.0 Å². The first-order valence-corrected chi connectivity index (χ1v) is 11.7. The van der Waals surface area contributed by atoms with Crippen molar-refractivity contribution in [2.45, 2.75) is 25.4 Å². The number of methoxy groups -OCH3 is 1. The fraction of sp³-hybridized carbons (Fsp3) is 0.250. The van der Waals surface area contributed by atoms with Crippen molar-refractivity contribution in [3.8, 4) is 23.0 Å². The zero-order valence-electron chi connectivity index (χ0n) is 20.6. The van der Waals surface area contributed by atoms with Gasteiger partial charge in [-0.1, -0.05) is 0 Å². The Kier molecular flexibility index (Phi) is 12.4. The Morgan fingerprint density at radius 1 is 0.614 bits per heavy atom. The predicted molar refractivity (Wildman–Crippen MR) is 126 cm³/mol. The molecule has 0 radical (unpaired) electrons. The highest BCUT2D eigenvalue weighted by atomic mass is 79.9. The van der Waals surface area contributed by atoms with Crippen LogP contribution in [0, 0.1) is 0 Å². The summed E-state index contributed by atoms with van der Waals surface area (Å²) in [6.45, 7) is 0. The van der Waals surface area contributed by atoms with Crippen LogP contribution in [-0.4, -0.2) is 50.4 Å². The number of ether oxygens (including phenoxy) is 5. The molecule has 0 saturated heterocycles. The summed E-state index contributed by atoms with van der Waals surface area (Å²) in [5, 5.41) is 0. The molecule has 0 aliphatic rings. The van der Waals surface area contributed by atoms with Gasteiger partial charge in [-0.05, 0) is 56.1 Å². The van der Waals surface area contributed by atoms with Crippen molar-refractivity contribution in [1.82, 2.24) is 0 Å². The maximum Gasteiger partial charge on any atom is 0.573 e. The van der Waals surface area contributed by atoms with E-state index >= 15 is 0 Å². The molecule has 246 valence electrons. The van der Waals surface area contributed by atoms with Crippen molar-refractivity contribution >= 4 is 49.7 Å². The maximum absolute atomic E-state index is 12.3. The molecule has 2 aromatic carbocycles. The van der Waals surface area contributed by atoms with Crippen LogP contribution in [0.4, 0.5) is 52.7 Å². The molecule has 0 saturated carbocycles. The van der Waals surface area contributed by atoms with Gasteiger partial charge >= 0.3 is 31.4 Å². The van der Waals surface area contributed by atoms with E-state index in [0.717, 1.165) is 7.11 Å². The lowest BCUT2D eigenvalue weighted by Crippen LogP contribution is -2.25. The van der Waals surface area contributed by atoms with E-state index in [1.807, 2.05) is 0 Å². The average molecular weight is 793 g/mol. The number of hydrogen-bond acceptors (Lipinski definition) is 7. The summed E-state index contributed by atoms with van der Waals surface area (Å²) in [5.74, 6) is -7.64. The van der Waals surface area contributed by atoms with E-state index in [4.69, 9.17) is 11.5 Å². The fourth-order valence-electron chi connectivity index (χ4n) is 2.51. The first-order chi connectivity index (χ1) is 19.7. The molecule has 0 aromatic heterocycles. The molecule has 24 heteroatoms. The zero-order valence-corrected chi connectivity index (χ0v) is 23.7. The number of nitrogens with zero attached hydrogens (tertiary/aromatic N) is 1. The normalized spacial score (nSPS) is 11.9. The number of halogens is 14. The molecule has 0 spiro atoms. The largest absolute Gasteiger partial charge is 0.573 e. The second-order valence-corrected chi connectivity index (χ2v) is 8.79. The van der Waals surface area contributed by atoms with Crippen LogP contribution in [0.5, 0.6) is 23.0 Å². The van der Waals surface area contributed by atoms with Crippen LogP contribution < -0.4 is 30.4 Å². The molecular weight excluding hydrogens is 782 g/mol. The van der Waals surface area contributed by atoms with Gasteiger partial charge in [0, 0.05) is 0 Å². The number of carbonyl (C=O) groups excluding carboxylic acids is 2. The van der Waals surface area contributed by atoms with Crippen molar-refractivity contribution in [3.63, 3.8) is 0 Å². The molecule has 2 aromatic rings. The highest BCUT2D eigenvalue weighted by Crippen LogP contribution is 2.39. The number of nitrogens with two attached hydrogens (primary N) is 2. The van der Waals surface area contributed by atoms with Gasteiger partial charge in [-0.25, -0.2) is 4.79 Å². The van der Waals surface area contributed by atoms with Gasteiger partial charge in [0.1, 0.15) is 28.6 Å². The van der Waals surface area contributed by atoms with E-state index in [1.165, 1.54) is 0 Å². The molecule has 1 amide bonds. The maximum atomic E-state index is 12.3. The highest BCUT2D eigenvalue weighted by Gasteiger charge is 2.37. The van der Waals surface area contributed by atoms with Gasteiger partial charge in [-0.2, -0.15) is 4.99 Å². The summed E-state index contributed by atoms with van der Waals surface area (Å²) in [7, 11) is 0.839. The van der Waals surface area contributed by atoms with E-state index in [9.17, 15) is 62.3 Å². The molecule has 10 nitrogen and oxygen atoms in total. The summed E-state index contributed by atoms with van der Waals surface area (Å²) in [6.07, 6.45) is -20.6. The number of guanidine groups is 1. The van der Waals surface area contributed by atoms with Crippen LogP contribution in [-0.2, 0) is 4.74 Å². The van der Waals surface area contributed by atoms with Gasteiger partial charge in [-0.3, -0.25) is 4.79 Å². The Bertz CT molecular complexity index is 1390. The first-order valence-electron chi connectivity index (χ1n) is 10.1. The van der Waals surface area contributed by atoms with Crippen LogP contribution in [0.15, 0.2) is 38.2 Å². The minimum atomic E-state index is -5.21. The quantitative estimate of drug-likeness (QED) is 0.142. The molecule has 0 unspecified atom stereocenters. The third kappa shape index (κ3) is 13.6. The summed E-state index contributed by atoms with van der Waals surface area (Å²) in [4.78, 5) is 25.9. The van der Waals surface area contributed by atoms with Crippen LogP contribution in [0.2, 0.25) is 0 Å². The average Bonchev–Trinajstić information content (AvgIpc) is 2.78. The minimum Gasteiger partial charge on any atom is -0.465 e. The molecule has 0 fully saturated rings. The second-order valence-electron chi connectivity index (χ2n) is 7.08. The Hall–Kier alpha value is -3.83. The third-order valence-electron chi connectivity index (χ3n) is 3.84. The smallest absolute Gasteiger partial charge is 0.465 e. The summed E-state index contributed by atoms with van der Waals surface area (Å²) >= 11 is 5.16. The standard InChI is InChI=1S/C10H6BrF6N3O3.C10H5BrF6O4/c11-4-2-5(22-9(12,13)14)3(7(21)20-8(18)19)1-6(4)23-10(15,16)17;1-19-8(18)4-2-7(21-10(15,16)17)5(11)3-6(4)20-9(12,13)14/h1-2H,(H4,18,19,20,21);2-3H,1H3. The van der Waals surface area contributed by atoms with Gasteiger partial charge in [0.15, 0.2) is 5.96 Å². The van der Waals surface area contributed by atoms with Crippen molar-refractivity contribution in [2.75, 3.05) is 7.11 Å². The van der Waals surface area contributed by atoms with E-state index in [0.29, 0.717) is 24.3 Å². The Morgan fingerprint density at radius 3 is 1.25 bits per heavy atom. The van der Waals surface area contributed by atoms with Gasteiger partial charge in [0.05, 0.1) is 21.6 Å². The Labute approximate surface area is 252 Å². The minimum absolute atomic E-state index is 0.355. The lowest BCUT2D eigenvalue weighted by atomic mass is 10.2. The topological polar surface area (TPSA) is 145 Å². The molecule has 2 rings (SSSR count). The summed E-state index contributed by atoms with van der Waals surface area (Å²) in [6, 6.07) is 1.75. The number of esters is 1. The molecule has 0 atom stereocenters. The molecular formula is C20H11Br2F12N3O7. The van der Waals surface area contributed by atoms with Gasteiger partial charge < -0.3 is 35.2 Å². The molecule has 44 heavy (non-hydrogen) atoms. The predicted octanol–water partition coefficient (Wildman–Crippen LogP) is 6.69. The molecule has 0 aliphatic carbocycles. The Balaban J connectivity index is 0.000000442. The van der Waals surface area contributed by atoms with Gasteiger partial charge in [0.25, 0.3) is 5.91 Å². The number of alkyl halides is 12. The zero-order chi connectivity index (χ0) is 34.4. The number of hydrogen-bond donors (Lipinski definition) is 2. The SMILES string of the molecule is COC(=O)c1cc(OC(F)(F)F)c(Br)cc1OC(F)(F)F.NC(N)=NC(=O)c1cc(OC(F)(F)F)c(Br)cc1OC(F)(F)F. The first kappa shape index (κ1) is 38.2. The number of carbonyl (C=O) groups is 2. The fourth-order valence-corrected chi connectivity index (χ4v) is 3.32. The van der Waals surface area contributed by atoms with Crippen LogP contribution >= 0.6 is 31.9 Å². The van der Waals surface area contributed by atoms with E-state index in [2.05, 4.69) is 60.5 Å². The van der Waals surface area contributed by atoms with E-state index in [1.54, 1.807) is 0 Å². The number of amides is 1. The highest BCUT2D eigenvalue weighted by molar-refractivity contribution is 9.11. The van der Waals surface area contributed by atoms with Crippen molar-refractivity contribution in [3.05, 3.63) is 44.3 Å². The summed E-state index contributed by atoms with van der Waals surface area (Å²) in [5.41, 5.74) is 7.94. The second kappa shape index (κ2) is 14.3. The molecule has 0 heterocycles. The molecule has 0 aliphatic heterocycles. The Morgan fingerprint density at radius 2 is 0.932 bits per heavy atom. The lowest BCUT2D eigenvalue weighted by molar-refractivity contribution is -0.277. The van der Waals surface area contributed by atoms with Crippen molar-refractivity contribution in [1.29, 1.82) is 0 Å². The van der Waals surface area contributed by atoms with Crippen molar-refractivity contribution in [2.24, 2.45) is 16.5 Å². The lowest BCUT2D eigenvalue weighted by Gasteiger charge is -2.16. The van der Waals surface area contributed by atoms with Crippen LogP contribution in [0.1, 0.15) is 20.7 Å². The number of aliphatic imine (C=N–C) groups is 1. The van der Waals surface area contributed by atoms with E-state index < -0.39 is 86.4 Å². The molecule has 4 N–H and O–H groups in total. The van der Waals surface area contributed by atoms with Gasteiger partial charge in [0.2, 0.25) is 0 Å². The summed E-state index contributed by atoms with van der Waals surface area (Å²) < 4.78 is 164. The number of benzene rings is 2. The van der Waals surface area contributed by atoms with Crippen LogP contribution in [0.3, 0.4) is 0 Å². The monoisotopic (exact) mass is 791 g/mol. The van der Waals surface area contributed by atoms with Gasteiger partial charge in [-0.15, -0.1) is 52.7 Å².